The van der Waals surface area contributed by atoms with Crippen molar-refractivity contribution in [2.45, 2.75) is 12.1 Å². The molecule has 2 aliphatic heterocycles. The van der Waals surface area contributed by atoms with Crippen molar-refractivity contribution in [3.05, 3.63) is 89.2 Å². The van der Waals surface area contributed by atoms with E-state index in [4.69, 9.17) is 5.73 Å². The summed E-state index contributed by atoms with van der Waals surface area (Å²) in [6.45, 7) is 1.90. The van der Waals surface area contributed by atoms with Crippen molar-refractivity contribution < 1.29 is 23.1 Å². The number of carbonyl (C=O) groups is 1. The third-order valence-corrected chi connectivity index (χ3v) is 7.52. The summed E-state index contributed by atoms with van der Waals surface area (Å²) < 4.78 is 41.7. The molecule has 0 unspecified atom stereocenters. The van der Waals surface area contributed by atoms with Gasteiger partial charge in [-0.2, -0.15) is 0 Å². The lowest BCUT2D eigenvalue weighted by Crippen LogP contribution is -2.65. The summed E-state index contributed by atoms with van der Waals surface area (Å²) in [6, 6.07) is 14.5. The van der Waals surface area contributed by atoms with Crippen molar-refractivity contribution >= 4 is 11.7 Å². The molecule has 0 radical (unpaired) electrons. The van der Waals surface area contributed by atoms with Gasteiger partial charge in [-0.05, 0) is 41.9 Å². The van der Waals surface area contributed by atoms with Gasteiger partial charge in [0.2, 0.25) is 0 Å². The first-order chi connectivity index (χ1) is 17.7. The Balaban J connectivity index is 1.37. The first-order valence-corrected chi connectivity index (χ1v) is 12.2. The maximum absolute atomic E-state index is 14.6. The molecule has 3 aromatic rings. The van der Waals surface area contributed by atoms with Crippen LogP contribution >= 0.6 is 0 Å². The number of halogens is 3. The number of carbonyl (C=O) groups excluding carboxylic acids is 1. The lowest BCUT2D eigenvalue weighted by atomic mass is 9.66. The van der Waals surface area contributed by atoms with Crippen LogP contribution in [0, 0.1) is 29.3 Å². The summed E-state index contributed by atoms with van der Waals surface area (Å²) in [6.07, 6.45) is 0. The van der Waals surface area contributed by atoms with Crippen LogP contribution < -0.4 is 11.1 Å². The van der Waals surface area contributed by atoms with Crippen LogP contribution in [-0.4, -0.2) is 54.2 Å². The molecule has 5 rings (SSSR count). The Morgan fingerprint density at radius 3 is 2.16 bits per heavy atom. The molecular weight excluding hydrogens is 481 g/mol. The molecule has 9 heteroatoms. The van der Waals surface area contributed by atoms with Crippen molar-refractivity contribution in [2.24, 2.45) is 17.6 Å². The zero-order valence-electron chi connectivity index (χ0n) is 20.4. The molecule has 3 atom stereocenters. The molecule has 37 heavy (non-hydrogen) atoms. The topological polar surface area (TPSA) is 81.8 Å². The van der Waals surface area contributed by atoms with Crippen molar-refractivity contribution in [2.75, 3.05) is 38.5 Å². The number of nitrogens with one attached hydrogen (secondary N) is 1. The SMILES string of the molecule is CN1C[C@@H]2CN(C(=O)Nc3cc(F)cc(F)c3)C[C@H](C1)[C@]2(O)c1ccc(-c2ccc(CN)cc2F)cc1. The van der Waals surface area contributed by atoms with E-state index in [0.717, 1.165) is 18.2 Å². The second-order valence-electron chi connectivity index (χ2n) is 10.0. The molecular formula is C28H29F3N4O2. The number of hydrogen-bond donors (Lipinski definition) is 3. The largest absolute Gasteiger partial charge is 0.384 e. The van der Waals surface area contributed by atoms with Crippen LogP contribution in [0.2, 0.25) is 0 Å². The molecule has 0 saturated carbocycles. The van der Waals surface area contributed by atoms with Gasteiger partial charge >= 0.3 is 6.03 Å². The van der Waals surface area contributed by atoms with E-state index in [1.54, 1.807) is 29.2 Å². The number of nitrogens with zero attached hydrogens (tertiary/aromatic N) is 2. The zero-order valence-corrected chi connectivity index (χ0v) is 20.4. The van der Waals surface area contributed by atoms with E-state index in [1.807, 2.05) is 19.2 Å². The number of piperidine rings is 2. The highest BCUT2D eigenvalue weighted by Crippen LogP contribution is 2.45. The van der Waals surface area contributed by atoms with Gasteiger partial charge in [0.25, 0.3) is 0 Å². The van der Waals surface area contributed by atoms with Gasteiger partial charge in [0, 0.05) is 61.9 Å². The highest BCUT2D eigenvalue weighted by Gasteiger charge is 2.53. The van der Waals surface area contributed by atoms with E-state index >= 15 is 0 Å². The quantitative estimate of drug-likeness (QED) is 0.493. The molecule has 2 fully saturated rings. The molecule has 194 valence electrons. The maximum Gasteiger partial charge on any atom is 0.321 e. The second-order valence-corrected chi connectivity index (χ2v) is 10.0. The fraction of sp³-hybridized carbons (Fsp3) is 0.321. The zero-order chi connectivity index (χ0) is 26.3. The van der Waals surface area contributed by atoms with Gasteiger partial charge in [-0.25, -0.2) is 18.0 Å². The Bertz CT molecular complexity index is 1280. The molecule has 4 N–H and O–H groups in total. The molecule has 6 nitrogen and oxygen atoms in total. The minimum atomic E-state index is -1.19. The van der Waals surface area contributed by atoms with Crippen LogP contribution in [0.25, 0.3) is 11.1 Å². The van der Waals surface area contributed by atoms with Gasteiger partial charge in [0.1, 0.15) is 23.1 Å². The van der Waals surface area contributed by atoms with Crippen LogP contribution in [0.15, 0.2) is 60.7 Å². The monoisotopic (exact) mass is 510 g/mol. The fourth-order valence-corrected chi connectivity index (χ4v) is 5.74. The number of fused-ring (bicyclic) bond motifs is 2. The number of rotatable bonds is 4. The summed E-state index contributed by atoms with van der Waals surface area (Å²) in [5.74, 6) is -2.51. The molecule has 3 aromatic carbocycles. The molecule has 2 amide bonds. The Labute approximate surface area is 213 Å². The Morgan fingerprint density at radius 1 is 0.973 bits per heavy atom. The van der Waals surface area contributed by atoms with E-state index in [1.165, 1.54) is 6.07 Å². The molecule has 2 saturated heterocycles. The molecule has 0 spiro atoms. The first-order valence-electron chi connectivity index (χ1n) is 12.2. The standard InChI is InChI=1S/C28H29F3N4O2/c1-34-13-20-15-35(27(36)33-24-10-22(29)9-23(30)11-24)16-21(14-34)28(20,37)19-5-3-18(4-6-19)25-7-2-17(12-32)8-26(25)31/h2-11,20-21,37H,12-16,32H2,1H3,(H,33,36)/t20-,21+,28+. The third kappa shape index (κ3) is 4.82. The Hall–Kier alpha value is -3.40. The normalized spacial score (nSPS) is 23.7. The van der Waals surface area contributed by atoms with Crippen LogP contribution in [0.3, 0.4) is 0 Å². The van der Waals surface area contributed by atoms with Crippen LogP contribution in [0.1, 0.15) is 11.1 Å². The lowest BCUT2D eigenvalue weighted by Gasteiger charge is -2.55. The molecule has 2 heterocycles. The van der Waals surface area contributed by atoms with Crippen molar-refractivity contribution in [1.82, 2.24) is 9.80 Å². The molecule has 0 aromatic heterocycles. The number of aliphatic hydroxyl groups is 1. The fourth-order valence-electron chi connectivity index (χ4n) is 5.74. The summed E-state index contributed by atoms with van der Waals surface area (Å²) in [7, 11) is 1.97. The minimum Gasteiger partial charge on any atom is -0.384 e. The number of amides is 2. The summed E-state index contributed by atoms with van der Waals surface area (Å²) in [5.41, 5.74) is 7.02. The van der Waals surface area contributed by atoms with Crippen LogP contribution in [0.4, 0.5) is 23.7 Å². The number of anilines is 1. The van der Waals surface area contributed by atoms with E-state index in [-0.39, 0.29) is 43.0 Å². The first kappa shape index (κ1) is 25.3. The lowest BCUT2D eigenvalue weighted by molar-refractivity contribution is -0.153. The van der Waals surface area contributed by atoms with E-state index in [2.05, 4.69) is 10.2 Å². The van der Waals surface area contributed by atoms with Crippen molar-refractivity contribution in [1.29, 1.82) is 0 Å². The summed E-state index contributed by atoms with van der Waals surface area (Å²) in [5, 5.41) is 14.6. The van der Waals surface area contributed by atoms with Gasteiger partial charge < -0.3 is 26.0 Å². The smallest absolute Gasteiger partial charge is 0.321 e. The number of benzene rings is 3. The maximum atomic E-state index is 14.6. The van der Waals surface area contributed by atoms with Gasteiger partial charge in [0.15, 0.2) is 0 Å². The number of urea groups is 1. The molecule has 2 bridgehead atoms. The number of likely N-dealkylation sites (tertiary alicyclic amines) is 2. The highest BCUT2D eigenvalue weighted by molar-refractivity contribution is 5.89. The van der Waals surface area contributed by atoms with Crippen molar-refractivity contribution in [3.63, 3.8) is 0 Å². The number of nitrogens with two attached hydrogens (primary N) is 1. The number of hydrogen-bond acceptors (Lipinski definition) is 4. The van der Waals surface area contributed by atoms with Gasteiger partial charge in [0.05, 0.1) is 0 Å². The van der Waals surface area contributed by atoms with Crippen LogP contribution in [-0.2, 0) is 12.1 Å². The Morgan fingerprint density at radius 2 is 1.59 bits per heavy atom. The van der Waals surface area contributed by atoms with Crippen LogP contribution in [0.5, 0.6) is 0 Å². The van der Waals surface area contributed by atoms with Gasteiger partial charge in [-0.15, -0.1) is 0 Å². The minimum absolute atomic E-state index is 0.0351. The van der Waals surface area contributed by atoms with Gasteiger partial charge in [-0.3, -0.25) is 0 Å². The summed E-state index contributed by atoms with van der Waals surface area (Å²) >= 11 is 0. The van der Waals surface area contributed by atoms with Gasteiger partial charge in [-0.1, -0.05) is 36.4 Å². The second kappa shape index (κ2) is 9.81. The molecule has 2 aliphatic rings. The predicted molar refractivity (Wildman–Crippen MR) is 135 cm³/mol. The molecule has 0 aliphatic carbocycles. The average Bonchev–Trinajstić information content (AvgIpc) is 2.84. The van der Waals surface area contributed by atoms with E-state index < -0.39 is 23.3 Å². The van der Waals surface area contributed by atoms with E-state index in [0.29, 0.717) is 35.3 Å². The predicted octanol–water partition coefficient (Wildman–Crippen LogP) is 4.14. The van der Waals surface area contributed by atoms with E-state index in [9.17, 15) is 23.1 Å². The average molecular weight is 511 g/mol. The Kier molecular flexibility index (Phi) is 6.70. The highest BCUT2D eigenvalue weighted by atomic mass is 19.1. The van der Waals surface area contributed by atoms with Crippen molar-refractivity contribution in [3.8, 4) is 11.1 Å². The third-order valence-electron chi connectivity index (χ3n) is 7.52. The summed E-state index contributed by atoms with van der Waals surface area (Å²) in [4.78, 5) is 16.7.